The van der Waals surface area contributed by atoms with Crippen LogP contribution < -0.4 is 14.4 Å². The Kier molecular flexibility index (Phi) is 6.77. The number of likely N-dealkylation sites (N-methyl/N-ethyl adjacent to an activating group) is 1. The molecule has 4 aromatic rings. The van der Waals surface area contributed by atoms with Gasteiger partial charge in [0.15, 0.2) is 11.6 Å². The molecule has 0 spiro atoms. The van der Waals surface area contributed by atoms with Crippen LogP contribution in [0.25, 0.3) is 28.5 Å². The van der Waals surface area contributed by atoms with Crippen molar-refractivity contribution in [1.82, 2.24) is 29.6 Å². The van der Waals surface area contributed by atoms with Crippen LogP contribution in [0.5, 0.6) is 11.5 Å². The molecular weight excluding hydrogens is 461 g/mol. The quantitative estimate of drug-likeness (QED) is 0.389. The molecule has 186 valence electrons. The predicted molar refractivity (Wildman–Crippen MR) is 135 cm³/mol. The molecule has 0 atom stereocenters. The molecule has 10 heteroatoms. The molecule has 0 unspecified atom stereocenters. The molecule has 1 aliphatic rings. The van der Waals surface area contributed by atoms with E-state index < -0.39 is 5.82 Å². The molecule has 5 rings (SSSR count). The highest BCUT2D eigenvalue weighted by molar-refractivity contribution is 5.68. The molecule has 4 heterocycles. The summed E-state index contributed by atoms with van der Waals surface area (Å²) < 4.78 is 27.4. The average molecular weight is 490 g/mol. The van der Waals surface area contributed by atoms with Crippen molar-refractivity contribution >= 4 is 5.82 Å². The minimum atomic E-state index is -0.449. The number of pyridine rings is 1. The number of halogens is 1. The van der Waals surface area contributed by atoms with E-state index in [2.05, 4.69) is 31.9 Å². The molecule has 0 aliphatic carbocycles. The lowest BCUT2D eigenvalue weighted by molar-refractivity contribution is 0.311. The van der Waals surface area contributed by atoms with Crippen LogP contribution in [-0.4, -0.2) is 76.6 Å². The van der Waals surface area contributed by atoms with Crippen molar-refractivity contribution < 1.29 is 13.9 Å². The van der Waals surface area contributed by atoms with E-state index in [0.29, 0.717) is 23.9 Å². The molecular formula is C26H28FN7O2. The fraction of sp³-hybridized carbons (Fsp3) is 0.308. The summed E-state index contributed by atoms with van der Waals surface area (Å²) in [6.45, 7) is 6.26. The zero-order valence-electron chi connectivity index (χ0n) is 20.6. The third kappa shape index (κ3) is 4.85. The number of hydrogen-bond donors (Lipinski definition) is 0. The Labute approximate surface area is 209 Å². The topological polar surface area (TPSA) is 81.4 Å². The van der Waals surface area contributed by atoms with E-state index in [4.69, 9.17) is 14.5 Å². The summed E-state index contributed by atoms with van der Waals surface area (Å²) in [5.74, 6) is 2.41. The highest BCUT2D eigenvalue weighted by atomic mass is 19.1. The molecule has 0 bridgehead atoms. The van der Waals surface area contributed by atoms with Crippen LogP contribution in [0.1, 0.15) is 6.92 Å². The van der Waals surface area contributed by atoms with E-state index in [9.17, 15) is 4.39 Å². The number of aromatic nitrogens is 5. The van der Waals surface area contributed by atoms with E-state index >= 15 is 0 Å². The lowest BCUT2D eigenvalue weighted by Gasteiger charge is -2.33. The van der Waals surface area contributed by atoms with E-state index in [1.54, 1.807) is 35.3 Å². The van der Waals surface area contributed by atoms with Crippen molar-refractivity contribution in [3.05, 3.63) is 60.8 Å². The van der Waals surface area contributed by atoms with Gasteiger partial charge in [-0.3, -0.25) is 0 Å². The van der Waals surface area contributed by atoms with Gasteiger partial charge >= 0.3 is 0 Å². The summed E-state index contributed by atoms with van der Waals surface area (Å²) in [7, 11) is 3.62. The smallest absolute Gasteiger partial charge is 0.166 e. The van der Waals surface area contributed by atoms with Crippen LogP contribution in [0, 0.1) is 5.82 Å². The van der Waals surface area contributed by atoms with Gasteiger partial charge in [0.2, 0.25) is 0 Å². The van der Waals surface area contributed by atoms with Gasteiger partial charge < -0.3 is 19.3 Å². The Balaban J connectivity index is 1.48. The summed E-state index contributed by atoms with van der Waals surface area (Å²) in [6, 6.07) is 10.2. The molecule has 0 radical (unpaired) electrons. The number of piperazine rings is 1. The third-order valence-corrected chi connectivity index (χ3v) is 6.10. The molecule has 1 aliphatic heterocycles. The van der Waals surface area contributed by atoms with E-state index in [1.807, 2.05) is 25.3 Å². The summed E-state index contributed by atoms with van der Waals surface area (Å²) in [5, 5.41) is 4.53. The first-order valence-corrected chi connectivity index (χ1v) is 11.9. The largest absolute Gasteiger partial charge is 0.496 e. The second-order valence-electron chi connectivity index (χ2n) is 8.50. The number of benzene rings is 1. The highest BCUT2D eigenvalue weighted by Gasteiger charge is 2.19. The van der Waals surface area contributed by atoms with Crippen molar-refractivity contribution in [1.29, 1.82) is 0 Å². The molecule has 3 aromatic heterocycles. The Hall–Kier alpha value is -4.05. The van der Waals surface area contributed by atoms with Crippen LogP contribution in [-0.2, 0) is 0 Å². The van der Waals surface area contributed by atoms with Gasteiger partial charge in [0, 0.05) is 56.3 Å². The maximum absolute atomic E-state index is 14.6. The van der Waals surface area contributed by atoms with Gasteiger partial charge in [-0.05, 0) is 32.2 Å². The zero-order valence-corrected chi connectivity index (χ0v) is 20.6. The van der Waals surface area contributed by atoms with Crippen LogP contribution in [0.4, 0.5) is 10.2 Å². The van der Waals surface area contributed by atoms with E-state index in [0.717, 1.165) is 43.3 Å². The second-order valence-corrected chi connectivity index (χ2v) is 8.50. The highest BCUT2D eigenvalue weighted by Crippen LogP contribution is 2.31. The lowest BCUT2D eigenvalue weighted by Crippen LogP contribution is -2.44. The first kappa shape index (κ1) is 23.7. The van der Waals surface area contributed by atoms with Crippen molar-refractivity contribution in [2.75, 3.05) is 51.8 Å². The van der Waals surface area contributed by atoms with E-state index in [-0.39, 0.29) is 11.4 Å². The number of methoxy groups -OCH3 is 1. The molecule has 0 amide bonds. The van der Waals surface area contributed by atoms with Crippen molar-refractivity contribution in [3.8, 4) is 40.0 Å². The molecule has 0 saturated carbocycles. The summed E-state index contributed by atoms with van der Waals surface area (Å²) >= 11 is 0. The van der Waals surface area contributed by atoms with E-state index in [1.165, 1.54) is 13.2 Å². The number of ether oxygens (including phenoxy) is 2. The Morgan fingerprint density at radius 2 is 1.83 bits per heavy atom. The minimum Gasteiger partial charge on any atom is -0.496 e. The first-order valence-electron chi connectivity index (χ1n) is 11.9. The van der Waals surface area contributed by atoms with Crippen molar-refractivity contribution in [2.45, 2.75) is 6.92 Å². The lowest BCUT2D eigenvalue weighted by atomic mass is 10.1. The second kappa shape index (κ2) is 10.3. The molecule has 1 saturated heterocycles. The summed E-state index contributed by atoms with van der Waals surface area (Å²) in [6.07, 6.45) is 5.14. The molecule has 9 nitrogen and oxygen atoms in total. The first-order chi connectivity index (χ1) is 17.6. The molecule has 1 aromatic carbocycles. The predicted octanol–water partition coefficient (Wildman–Crippen LogP) is 3.69. The summed E-state index contributed by atoms with van der Waals surface area (Å²) in [4.78, 5) is 18.3. The van der Waals surface area contributed by atoms with Crippen molar-refractivity contribution in [3.63, 3.8) is 0 Å². The Morgan fingerprint density at radius 3 is 2.61 bits per heavy atom. The Morgan fingerprint density at radius 1 is 1.03 bits per heavy atom. The van der Waals surface area contributed by atoms with Crippen LogP contribution in [0.3, 0.4) is 0 Å². The van der Waals surface area contributed by atoms with Crippen LogP contribution in [0.15, 0.2) is 55.0 Å². The molecule has 1 fully saturated rings. The zero-order chi connectivity index (χ0) is 25.1. The average Bonchev–Trinajstić information content (AvgIpc) is 3.40. The van der Waals surface area contributed by atoms with Crippen LogP contribution in [0.2, 0.25) is 0 Å². The maximum Gasteiger partial charge on any atom is 0.166 e. The fourth-order valence-electron chi connectivity index (χ4n) is 4.15. The normalized spacial score (nSPS) is 14.2. The van der Waals surface area contributed by atoms with Gasteiger partial charge in [-0.2, -0.15) is 5.10 Å². The van der Waals surface area contributed by atoms with Gasteiger partial charge in [-0.15, -0.1) is 0 Å². The van der Waals surface area contributed by atoms with Gasteiger partial charge in [-0.1, -0.05) is 6.07 Å². The standard InChI is InChI=1S/C26H28FN7O2/c1-4-36-19-14-23(33-12-10-32(2)11-13-33)31-24(15-19)34-17-18(16-29-34)21-8-9-28-26(30-21)25-20(27)6-5-7-22(25)35-3/h5-9,14-17H,4,10-13H2,1-3H3. The van der Waals surface area contributed by atoms with Gasteiger partial charge in [-0.25, -0.2) is 24.0 Å². The number of anilines is 1. The molecule has 36 heavy (non-hydrogen) atoms. The maximum atomic E-state index is 14.6. The van der Waals surface area contributed by atoms with Crippen LogP contribution >= 0.6 is 0 Å². The fourth-order valence-corrected chi connectivity index (χ4v) is 4.15. The molecule has 0 N–H and O–H groups in total. The SMILES string of the molecule is CCOc1cc(N2CCN(C)CC2)nc(-n2cc(-c3ccnc(-c4c(F)cccc4OC)n3)cn2)c1. The van der Waals surface area contributed by atoms with Gasteiger partial charge in [0.05, 0.1) is 31.2 Å². The third-order valence-electron chi connectivity index (χ3n) is 6.10. The Bertz CT molecular complexity index is 1350. The number of nitrogens with zero attached hydrogens (tertiary/aromatic N) is 7. The number of hydrogen-bond acceptors (Lipinski definition) is 8. The number of rotatable bonds is 7. The van der Waals surface area contributed by atoms with Crippen molar-refractivity contribution in [2.24, 2.45) is 0 Å². The summed E-state index contributed by atoms with van der Waals surface area (Å²) in [5.41, 5.74) is 1.58. The van der Waals surface area contributed by atoms with Gasteiger partial charge in [0.1, 0.15) is 23.1 Å². The monoisotopic (exact) mass is 489 g/mol. The van der Waals surface area contributed by atoms with Gasteiger partial charge in [0.25, 0.3) is 0 Å². The minimum absolute atomic E-state index is 0.220.